The number of thioether (sulfide) groups is 1. The molecule has 0 spiro atoms. The van der Waals surface area contributed by atoms with Gasteiger partial charge in [0.1, 0.15) is 5.69 Å². The van der Waals surface area contributed by atoms with Gasteiger partial charge in [-0.15, -0.1) is 10.2 Å². The third kappa shape index (κ3) is 4.26. The highest BCUT2D eigenvalue weighted by Crippen LogP contribution is 2.23. The Kier molecular flexibility index (Phi) is 5.41. The number of amides is 1. The standard InChI is InChI=1S/C16H15N7O3S/c1-10-3-4-11(23(25)26)7-12(10)19-14(24)9-27-16-21-20-15(22(16)2)13-8-17-5-6-18-13/h3-8H,9H2,1-2H3,(H,19,24). The van der Waals surface area contributed by atoms with Gasteiger partial charge in [0.25, 0.3) is 5.69 Å². The van der Waals surface area contributed by atoms with Crippen LogP contribution in [0, 0.1) is 17.0 Å². The molecule has 0 atom stereocenters. The molecule has 2 heterocycles. The van der Waals surface area contributed by atoms with Crippen LogP contribution in [0.2, 0.25) is 0 Å². The smallest absolute Gasteiger partial charge is 0.271 e. The maximum absolute atomic E-state index is 12.2. The lowest BCUT2D eigenvalue weighted by atomic mass is 10.2. The molecule has 2 aromatic heterocycles. The Morgan fingerprint density at radius 1 is 1.33 bits per heavy atom. The van der Waals surface area contributed by atoms with Crippen LogP contribution in [0.25, 0.3) is 11.5 Å². The number of nitro benzene ring substituents is 1. The second-order valence-electron chi connectivity index (χ2n) is 5.55. The Labute approximate surface area is 158 Å². The Morgan fingerprint density at radius 3 is 2.85 bits per heavy atom. The summed E-state index contributed by atoms with van der Waals surface area (Å²) in [5.74, 6) is 0.322. The Morgan fingerprint density at radius 2 is 2.15 bits per heavy atom. The van der Waals surface area contributed by atoms with Crippen LogP contribution in [-0.4, -0.2) is 41.3 Å². The van der Waals surface area contributed by atoms with Gasteiger partial charge in [-0.05, 0) is 12.5 Å². The van der Waals surface area contributed by atoms with Crippen LogP contribution in [0.3, 0.4) is 0 Å². The highest BCUT2D eigenvalue weighted by atomic mass is 32.2. The van der Waals surface area contributed by atoms with Gasteiger partial charge >= 0.3 is 0 Å². The van der Waals surface area contributed by atoms with E-state index in [4.69, 9.17) is 0 Å². The number of hydrogen-bond donors (Lipinski definition) is 1. The van der Waals surface area contributed by atoms with Crippen LogP contribution in [0.15, 0.2) is 41.9 Å². The second kappa shape index (κ2) is 7.91. The zero-order valence-electron chi connectivity index (χ0n) is 14.5. The average molecular weight is 385 g/mol. The van der Waals surface area contributed by atoms with Crippen LogP contribution >= 0.6 is 11.8 Å². The highest BCUT2D eigenvalue weighted by molar-refractivity contribution is 7.99. The minimum absolute atomic E-state index is 0.0779. The predicted octanol–water partition coefficient (Wildman–Crippen LogP) is 2.22. The van der Waals surface area contributed by atoms with Crippen molar-refractivity contribution in [2.75, 3.05) is 11.1 Å². The lowest BCUT2D eigenvalue weighted by Crippen LogP contribution is -2.15. The van der Waals surface area contributed by atoms with Crippen LogP contribution in [0.5, 0.6) is 0 Å². The first-order chi connectivity index (χ1) is 13.0. The maximum Gasteiger partial charge on any atom is 0.271 e. The van der Waals surface area contributed by atoms with E-state index in [0.717, 1.165) is 5.56 Å². The average Bonchev–Trinajstić information content (AvgIpc) is 3.03. The molecule has 0 saturated carbocycles. The van der Waals surface area contributed by atoms with E-state index in [0.29, 0.717) is 22.4 Å². The van der Waals surface area contributed by atoms with Gasteiger partial charge in [-0.1, -0.05) is 17.8 Å². The highest BCUT2D eigenvalue weighted by Gasteiger charge is 2.15. The monoisotopic (exact) mass is 385 g/mol. The number of aryl methyl sites for hydroxylation is 1. The Bertz CT molecular complexity index is 991. The molecule has 0 unspecified atom stereocenters. The van der Waals surface area contributed by atoms with Gasteiger partial charge in [0.2, 0.25) is 5.91 Å². The molecule has 0 aliphatic heterocycles. The fourth-order valence-electron chi connectivity index (χ4n) is 2.25. The number of hydrogen-bond acceptors (Lipinski definition) is 8. The first-order valence-corrected chi connectivity index (χ1v) is 8.77. The summed E-state index contributed by atoms with van der Waals surface area (Å²) in [4.78, 5) is 30.8. The number of aromatic nitrogens is 5. The van der Waals surface area contributed by atoms with Crippen molar-refractivity contribution in [1.29, 1.82) is 0 Å². The number of carbonyl (C=O) groups excluding carboxylic acids is 1. The molecule has 0 aliphatic rings. The normalized spacial score (nSPS) is 10.6. The molecule has 1 aromatic carbocycles. The molecule has 3 rings (SSSR count). The van der Waals surface area contributed by atoms with Crippen LogP contribution in [0.1, 0.15) is 5.56 Å². The number of anilines is 1. The molecular formula is C16H15N7O3S. The van der Waals surface area contributed by atoms with E-state index >= 15 is 0 Å². The van der Waals surface area contributed by atoms with Crippen LogP contribution < -0.4 is 5.32 Å². The molecule has 0 bridgehead atoms. The molecule has 27 heavy (non-hydrogen) atoms. The van der Waals surface area contributed by atoms with Gasteiger partial charge in [-0.3, -0.25) is 19.9 Å². The molecule has 1 amide bonds. The molecular weight excluding hydrogens is 370 g/mol. The van der Waals surface area contributed by atoms with Gasteiger partial charge in [0.05, 0.1) is 22.6 Å². The molecule has 3 aromatic rings. The number of carbonyl (C=O) groups is 1. The lowest BCUT2D eigenvalue weighted by Gasteiger charge is -2.08. The Hall–Kier alpha value is -3.34. The van der Waals surface area contributed by atoms with E-state index in [1.54, 1.807) is 43.2 Å². The summed E-state index contributed by atoms with van der Waals surface area (Å²) in [6.45, 7) is 1.77. The molecule has 0 fully saturated rings. The number of nitrogens with zero attached hydrogens (tertiary/aromatic N) is 6. The SMILES string of the molecule is Cc1ccc([N+](=O)[O-])cc1NC(=O)CSc1nnc(-c2cnccn2)n1C. The fraction of sp³-hybridized carbons (Fsp3) is 0.188. The number of benzene rings is 1. The molecule has 138 valence electrons. The van der Waals surface area contributed by atoms with Crippen molar-refractivity contribution in [3.05, 3.63) is 52.5 Å². The minimum atomic E-state index is -0.503. The fourth-order valence-corrected chi connectivity index (χ4v) is 2.96. The van der Waals surface area contributed by atoms with Crippen molar-refractivity contribution >= 4 is 29.0 Å². The first-order valence-electron chi connectivity index (χ1n) is 7.79. The van der Waals surface area contributed by atoms with Crippen molar-refractivity contribution in [3.8, 4) is 11.5 Å². The number of rotatable bonds is 6. The predicted molar refractivity (Wildman–Crippen MR) is 99.2 cm³/mol. The molecule has 0 aliphatic carbocycles. The largest absolute Gasteiger partial charge is 0.325 e. The van der Waals surface area contributed by atoms with Crippen molar-refractivity contribution < 1.29 is 9.72 Å². The minimum Gasteiger partial charge on any atom is -0.325 e. The summed E-state index contributed by atoms with van der Waals surface area (Å²) in [6, 6.07) is 4.33. The van der Waals surface area contributed by atoms with E-state index in [9.17, 15) is 14.9 Å². The molecule has 1 N–H and O–H groups in total. The van der Waals surface area contributed by atoms with E-state index < -0.39 is 4.92 Å². The van der Waals surface area contributed by atoms with Gasteiger partial charge in [0, 0.05) is 31.6 Å². The van der Waals surface area contributed by atoms with Crippen LogP contribution in [0.4, 0.5) is 11.4 Å². The zero-order chi connectivity index (χ0) is 19.4. The van der Waals surface area contributed by atoms with Crippen molar-refractivity contribution in [2.24, 2.45) is 7.05 Å². The topological polar surface area (TPSA) is 129 Å². The van der Waals surface area contributed by atoms with E-state index in [1.165, 1.54) is 23.9 Å². The third-order valence-electron chi connectivity index (χ3n) is 3.67. The summed E-state index contributed by atoms with van der Waals surface area (Å²) >= 11 is 1.20. The second-order valence-corrected chi connectivity index (χ2v) is 6.49. The van der Waals surface area contributed by atoms with Crippen LogP contribution in [-0.2, 0) is 11.8 Å². The molecule has 0 radical (unpaired) electrons. The Balaban J connectivity index is 1.66. The lowest BCUT2D eigenvalue weighted by molar-refractivity contribution is -0.384. The summed E-state index contributed by atoms with van der Waals surface area (Å²) in [5.41, 5.74) is 1.65. The summed E-state index contributed by atoms with van der Waals surface area (Å²) in [7, 11) is 1.77. The maximum atomic E-state index is 12.2. The number of non-ortho nitro benzene ring substituents is 1. The van der Waals surface area contributed by atoms with E-state index in [1.807, 2.05) is 0 Å². The quantitative estimate of drug-likeness (QED) is 0.388. The number of nitrogens with one attached hydrogen (secondary N) is 1. The van der Waals surface area contributed by atoms with E-state index in [-0.39, 0.29) is 17.3 Å². The van der Waals surface area contributed by atoms with Crippen molar-refractivity contribution in [3.63, 3.8) is 0 Å². The van der Waals surface area contributed by atoms with Gasteiger partial charge in [-0.2, -0.15) is 0 Å². The molecule has 0 saturated heterocycles. The zero-order valence-corrected chi connectivity index (χ0v) is 15.3. The summed E-state index contributed by atoms with van der Waals surface area (Å²) in [5, 5.41) is 22.3. The van der Waals surface area contributed by atoms with E-state index in [2.05, 4.69) is 25.5 Å². The van der Waals surface area contributed by atoms with Gasteiger partial charge < -0.3 is 9.88 Å². The first kappa shape index (κ1) is 18.5. The molecule has 11 heteroatoms. The van der Waals surface area contributed by atoms with Crippen molar-refractivity contribution in [1.82, 2.24) is 24.7 Å². The van der Waals surface area contributed by atoms with Crippen molar-refractivity contribution in [2.45, 2.75) is 12.1 Å². The third-order valence-corrected chi connectivity index (χ3v) is 4.69. The summed E-state index contributed by atoms with van der Waals surface area (Å²) in [6.07, 6.45) is 4.71. The van der Waals surface area contributed by atoms with Gasteiger partial charge in [0.15, 0.2) is 11.0 Å². The molecule has 10 nitrogen and oxygen atoms in total. The number of nitro groups is 1. The van der Waals surface area contributed by atoms with Gasteiger partial charge in [-0.25, -0.2) is 4.98 Å². The summed E-state index contributed by atoms with van der Waals surface area (Å²) < 4.78 is 1.72.